The third-order valence-corrected chi connectivity index (χ3v) is 1.50. The summed E-state index contributed by atoms with van der Waals surface area (Å²) >= 11 is 0. The van der Waals surface area contributed by atoms with Gasteiger partial charge in [0.25, 0.3) is 5.91 Å². The lowest BCUT2D eigenvalue weighted by molar-refractivity contribution is 0.0807. The average molecular weight is 179 g/mol. The summed E-state index contributed by atoms with van der Waals surface area (Å²) in [5, 5.41) is 0. The maximum Gasteiger partial charge on any atom is 0.323 e. The van der Waals surface area contributed by atoms with Crippen LogP contribution in [0.3, 0.4) is 0 Å². The Morgan fingerprint density at radius 3 is 2.92 bits per heavy atom. The molecule has 1 amide bonds. The number of terminal acetylenes is 1. The molecular formula is C8H9N3O2. The lowest BCUT2D eigenvalue weighted by Gasteiger charge is -2.11. The van der Waals surface area contributed by atoms with Crippen LogP contribution in [-0.4, -0.2) is 34.4 Å². The number of hydrogen-bond donors (Lipinski definition) is 2. The third-order valence-electron chi connectivity index (χ3n) is 1.50. The lowest BCUT2D eigenvalue weighted by Crippen LogP contribution is -2.27. The van der Waals surface area contributed by atoms with Gasteiger partial charge >= 0.3 is 5.69 Å². The number of hydrogen-bond acceptors (Lipinski definition) is 2. The summed E-state index contributed by atoms with van der Waals surface area (Å²) < 4.78 is 0. The van der Waals surface area contributed by atoms with E-state index in [1.54, 1.807) is 7.05 Å². The van der Waals surface area contributed by atoms with E-state index in [-0.39, 0.29) is 18.1 Å². The van der Waals surface area contributed by atoms with Crippen LogP contribution in [0.15, 0.2) is 11.0 Å². The lowest BCUT2D eigenvalue weighted by atomic mass is 10.4. The number of carbonyl (C=O) groups excluding carboxylic acids is 1. The Morgan fingerprint density at radius 1 is 1.77 bits per heavy atom. The fourth-order valence-electron chi connectivity index (χ4n) is 0.862. The number of nitrogens with one attached hydrogen (secondary N) is 2. The molecule has 0 aliphatic carbocycles. The van der Waals surface area contributed by atoms with Gasteiger partial charge in [-0.05, 0) is 0 Å². The number of nitrogens with zero attached hydrogens (tertiary/aromatic N) is 1. The highest BCUT2D eigenvalue weighted by atomic mass is 16.2. The summed E-state index contributed by atoms with van der Waals surface area (Å²) in [7, 11) is 1.56. The number of amides is 1. The minimum atomic E-state index is -0.405. The first kappa shape index (κ1) is 9.13. The Labute approximate surface area is 74.8 Å². The van der Waals surface area contributed by atoms with Crippen molar-refractivity contribution >= 4 is 5.91 Å². The van der Waals surface area contributed by atoms with Gasteiger partial charge in [0.1, 0.15) is 5.69 Å². The van der Waals surface area contributed by atoms with Crippen LogP contribution in [0, 0.1) is 12.3 Å². The van der Waals surface area contributed by atoms with Crippen LogP contribution in [0.1, 0.15) is 10.5 Å². The van der Waals surface area contributed by atoms with E-state index in [1.165, 1.54) is 11.1 Å². The molecule has 0 aromatic carbocycles. The molecule has 13 heavy (non-hydrogen) atoms. The second-order valence-corrected chi connectivity index (χ2v) is 2.52. The molecule has 0 bridgehead atoms. The molecule has 0 unspecified atom stereocenters. The second-order valence-electron chi connectivity index (χ2n) is 2.52. The van der Waals surface area contributed by atoms with Crippen LogP contribution in [0.5, 0.6) is 0 Å². The monoisotopic (exact) mass is 179 g/mol. The van der Waals surface area contributed by atoms with E-state index in [4.69, 9.17) is 6.42 Å². The molecule has 5 nitrogen and oxygen atoms in total. The first-order valence-corrected chi connectivity index (χ1v) is 3.61. The SMILES string of the molecule is C#CCN(C)C(=O)c1c[nH]c(=O)[nH]1. The molecule has 0 spiro atoms. The van der Waals surface area contributed by atoms with Gasteiger partial charge in [-0.25, -0.2) is 4.79 Å². The molecule has 0 aliphatic rings. The number of imidazole rings is 1. The van der Waals surface area contributed by atoms with Crippen LogP contribution in [0.25, 0.3) is 0 Å². The zero-order valence-corrected chi connectivity index (χ0v) is 7.13. The van der Waals surface area contributed by atoms with Gasteiger partial charge in [-0.15, -0.1) is 6.42 Å². The molecule has 1 aromatic heterocycles. The first-order valence-electron chi connectivity index (χ1n) is 3.61. The Morgan fingerprint density at radius 2 is 2.46 bits per heavy atom. The fraction of sp³-hybridized carbons (Fsp3) is 0.250. The molecule has 1 rings (SSSR count). The van der Waals surface area contributed by atoms with Crippen molar-refractivity contribution in [3.63, 3.8) is 0 Å². The van der Waals surface area contributed by atoms with E-state index in [1.807, 2.05) is 0 Å². The van der Waals surface area contributed by atoms with Gasteiger partial charge in [-0.3, -0.25) is 4.79 Å². The van der Waals surface area contributed by atoms with Gasteiger partial charge in [0.05, 0.1) is 6.54 Å². The van der Waals surface area contributed by atoms with Crippen LogP contribution in [0.4, 0.5) is 0 Å². The van der Waals surface area contributed by atoms with E-state index < -0.39 is 5.69 Å². The van der Waals surface area contributed by atoms with Gasteiger partial charge in [0, 0.05) is 13.2 Å². The van der Waals surface area contributed by atoms with Gasteiger partial charge in [-0.1, -0.05) is 5.92 Å². The number of rotatable bonds is 2. The summed E-state index contributed by atoms with van der Waals surface area (Å²) in [6, 6.07) is 0. The van der Waals surface area contributed by atoms with Crippen molar-refractivity contribution in [3.05, 3.63) is 22.4 Å². The van der Waals surface area contributed by atoms with Crippen molar-refractivity contribution in [2.75, 3.05) is 13.6 Å². The van der Waals surface area contributed by atoms with Crippen molar-refractivity contribution < 1.29 is 4.79 Å². The molecule has 0 saturated carbocycles. The Balaban J connectivity index is 2.80. The zero-order chi connectivity index (χ0) is 9.84. The van der Waals surface area contributed by atoms with E-state index in [0.29, 0.717) is 0 Å². The third kappa shape index (κ3) is 1.99. The van der Waals surface area contributed by atoms with Crippen LogP contribution < -0.4 is 5.69 Å². The van der Waals surface area contributed by atoms with E-state index >= 15 is 0 Å². The molecule has 68 valence electrons. The Hall–Kier alpha value is -1.96. The minimum Gasteiger partial charge on any atom is -0.329 e. The Bertz CT molecular complexity index is 396. The van der Waals surface area contributed by atoms with Crippen molar-refractivity contribution in [2.24, 2.45) is 0 Å². The molecule has 1 aromatic rings. The van der Waals surface area contributed by atoms with E-state index in [0.717, 1.165) is 0 Å². The predicted octanol–water partition coefficient (Wildman–Crippen LogP) is -0.592. The quantitative estimate of drug-likeness (QED) is 0.596. The van der Waals surface area contributed by atoms with Gasteiger partial charge < -0.3 is 14.9 Å². The van der Waals surface area contributed by atoms with Crippen molar-refractivity contribution in [1.29, 1.82) is 0 Å². The Kier molecular flexibility index (Phi) is 2.55. The summed E-state index contributed by atoms with van der Waals surface area (Å²) in [4.78, 5) is 28.1. The number of H-pyrrole nitrogens is 2. The molecule has 1 heterocycles. The smallest absolute Gasteiger partial charge is 0.323 e. The fourth-order valence-corrected chi connectivity index (χ4v) is 0.862. The van der Waals surface area contributed by atoms with Crippen LogP contribution in [0.2, 0.25) is 0 Å². The topological polar surface area (TPSA) is 69.0 Å². The predicted molar refractivity (Wildman–Crippen MR) is 47.2 cm³/mol. The van der Waals surface area contributed by atoms with Crippen molar-refractivity contribution in [1.82, 2.24) is 14.9 Å². The molecule has 2 N–H and O–H groups in total. The number of aromatic nitrogens is 2. The first-order chi connectivity index (χ1) is 6.15. The maximum atomic E-state index is 11.4. The highest BCUT2D eigenvalue weighted by molar-refractivity contribution is 5.91. The largest absolute Gasteiger partial charge is 0.329 e. The van der Waals surface area contributed by atoms with E-state index in [2.05, 4.69) is 15.9 Å². The normalized spacial score (nSPS) is 9.23. The minimum absolute atomic E-state index is 0.211. The maximum absolute atomic E-state index is 11.4. The standard InChI is InChI=1S/C8H9N3O2/c1-3-4-11(2)7(12)6-5-9-8(13)10-6/h1,5H,4H2,2H3,(H2,9,10,13). The zero-order valence-electron chi connectivity index (χ0n) is 7.13. The second kappa shape index (κ2) is 3.63. The molecule has 0 fully saturated rings. The van der Waals surface area contributed by atoms with Gasteiger partial charge in [0.2, 0.25) is 0 Å². The molecule has 0 aliphatic heterocycles. The number of carbonyl (C=O) groups is 1. The summed E-state index contributed by atoms with van der Waals surface area (Å²) in [6.07, 6.45) is 6.34. The molecule has 0 saturated heterocycles. The average Bonchev–Trinajstić information content (AvgIpc) is 2.51. The molecule has 5 heteroatoms. The van der Waals surface area contributed by atoms with Crippen LogP contribution in [-0.2, 0) is 0 Å². The van der Waals surface area contributed by atoms with Crippen LogP contribution >= 0.6 is 0 Å². The summed E-state index contributed by atoms with van der Waals surface area (Å²) in [5.41, 5.74) is -0.194. The van der Waals surface area contributed by atoms with Crippen molar-refractivity contribution in [3.8, 4) is 12.3 Å². The van der Waals surface area contributed by atoms with E-state index in [9.17, 15) is 9.59 Å². The molecular weight excluding hydrogens is 170 g/mol. The molecule has 0 radical (unpaired) electrons. The molecule has 0 atom stereocenters. The summed E-state index contributed by atoms with van der Waals surface area (Å²) in [5.74, 6) is 2.02. The van der Waals surface area contributed by atoms with Gasteiger partial charge in [-0.2, -0.15) is 0 Å². The highest BCUT2D eigenvalue weighted by Crippen LogP contribution is 1.94. The van der Waals surface area contributed by atoms with Gasteiger partial charge in [0.15, 0.2) is 0 Å². The highest BCUT2D eigenvalue weighted by Gasteiger charge is 2.11. The number of aromatic amines is 2. The summed E-state index contributed by atoms with van der Waals surface area (Å²) in [6.45, 7) is 0.214. The van der Waals surface area contributed by atoms with Crippen molar-refractivity contribution in [2.45, 2.75) is 0 Å².